The third kappa shape index (κ3) is 5.42. The van der Waals surface area contributed by atoms with E-state index in [4.69, 9.17) is 9.90 Å². The van der Waals surface area contributed by atoms with Gasteiger partial charge >= 0.3 is 119 Å². The number of rotatable bonds is 3. The van der Waals surface area contributed by atoms with Crippen LogP contribution in [0.3, 0.4) is 0 Å². The van der Waals surface area contributed by atoms with E-state index in [9.17, 15) is 0 Å². The van der Waals surface area contributed by atoms with Gasteiger partial charge in [-0.2, -0.15) is 0 Å². The van der Waals surface area contributed by atoms with Gasteiger partial charge in [-0.05, 0) is 6.92 Å². The first-order valence-electron chi connectivity index (χ1n) is 7.39. The number of carboxylic acids is 1. The molecule has 0 aliphatic carbocycles. The van der Waals surface area contributed by atoms with Crippen LogP contribution in [0, 0.1) is 0 Å². The van der Waals surface area contributed by atoms with Crippen LogP contribution in [0.2, 0.25) is 0 Å². The molecule has 0 spiro atoms. The molecule has 0 bridgehead atoms. The maximum atomic E-state index is 8.89. The summed E-state index contributed by atoms with van der Waals surface area (Å²) in [6.07, 6.45) is 0. The molecule has 0 amide bonds. The van der Waals surface area contributed by atoms with Gasteiger partial charge < -0.3 is 9.90 Å². The second-order valence-electron chi connectivity index (χ2n) is 4.96. The quantitative estimate of drug-likeness (QED) is 0.651. The molecule has 2 nitrogen and oxygen atoms in total. The maximum absolute atomic E-state index is 8.89. The van der Waals surface area contributed by atoms with Crippen molar-refractivity contribution in [3.05, 3.63) is 91.0 Å². The van der Waals surface area contributed by atoms with E-state index in [-0.39, 0.29) is 0 Å². The molecule has 3 aromatic carbocycles. The summed E-state index contributed by atoms with van der Waals surface area (Å²) in [5.74, 6) is -1.08. The zero-order chi connectivity index (χ0) is 16.5. The van der Waals surface area contributed by atoms with E-state index in [1.54, 1.807) is 0 Å². The minimum absolute atomic E-state index is 0.972. The van der Waals surface area contributed by atoms with E-state index in [1.807, 2.05) is 0 Å². The molecule has 0 heterocycles. The Morgan fingerprint density at radius 1 is 0.652 bits per heavy atom. The normalized spacial score (nSPS) is 9.43. The summed E-state index contributed by atoms with van der Waals surface area (Å²) in [6.45, 7) is 0.972. The molecule has 0 aliphatic rings. The summed E-state index contributed by atoms with van der Waals surface area (Å²) in [5.41, 5.74) is 0. The van der Waals surface area contributed by atoms with Crippen LogP contribution in [-0.4, -0.2) is 20.3 Å². The third-order valence-corrected chi connectivity index (χ3v) is 8.92. The van der Waals surface area contributed by atoms with Crippen LogP contribution in [0.15, 0.2) is 91.0 Å². The van der Waals surface area contributed by atoms with Crippen molar-refractivity contribution in [2.75, 3.05) is 0 Å². The van der Waals surface area contributed by atoms with E-state index < -0.39 is 20.3 Å². The number of carbonyl (C=O) groups is 1. The predicted octanol–water partition coefficient (Wildman–Crippen LogP) is 0.959. The molecular weight excluding hydrogens is 345 g/mol. The van der Waals surface area contributed by atoms with Gasteiger partial charge in [0, 0.05) is 5.97 Å². The van der Waals surface area contributed by atoms with Gasteiger partial charge in [-0.15, -0.1) is 0 Å². The van der Waals surface area contributed by atoms with Gasteiger partial charge in [0.25, 0.3) is 0 Å². The van der Waals surface area contributed by atoms with E-state index in [0.717, 1.165) is 6.92 Å². The molecule has 3 rings (SSSR count). The molecule has 0 N–H and O–H groups in total. The zero-order valence-electron chi connectivity index (χ0n) is 13.0. The Hall–Kier alpha value is -2.33. The number of aliphatic carboxylic acids is 1. The summed E-state index contributed by atoms with van der Waals surface area (Å²) in [7, 11) is 0. The Kier molecular flexibility index (Phi) is 6.63. The Morgan fingerprint density at radius 2 is 0.870 bits per heavy atom. The van der Waals surface area contributed by atoms with E-state index in [0.29, 0.717) is 0 Å². The van der Waals surface area contributed by atoms with Crippen molar-refractivity contribution in [1.82, 2.24) is 0 Å². The van der Waals surface area contributed by atoms with Crippen LogP contribution in [0.4, 0.5) is 0 Å². The van der Waals surface area contributed by atoms with Crippen molar-refractivity contribution < 1.29 is 9.90 Å². The van der Waals surface area contributed by atoms with E-state index in [1.165, 1.54) is 13.2 Å². The fraction of sp³-hybridized carbons (Fsp3) is 0.0500. The minimum atomic E-state index is -1.63. The summed E-state index contributed by atoms with van der Waals surface area (Å²) < 4.78 is 4.50. The van der Waals surface area contributed by atoms with Crippen molar-refractivity contribution in [2.24, 2.45) is 0 Å². The zero-order valence-corrected chi connectivity index (χ0v) is 15.1. The molecule has 0 aromatic heterocycles. The first-order valence-corrected chi connectivity index (χ1v) is 10.5. The summed E-state index contributed by atoms with van der Waals surface area (Å²) in [6, 6.07) is 32.8. The summed E-state index contributed by atoms with van der Waals surface area (Å²) in [4.78, 5) is 8.89. The van der Waals surface area contributed by atoms with Crippen LogP contribution < -0.4 is 18.3 Å². The standard InChI is InChI=1S/C18H15Ge.C2H4O2/c1-4-10-16(11-5-1)19(17-12-6-2-7-13-17)18-14-8-3-9-15-18;1-2(3)4/h1-15H;1H3,(H,3,4)/q+1;/p-1. The first-order chi connectivity index (χ1) is 11.2. The number of carboxylic acid groups (broad SMARTS) is 1. The van der Waals surface area contributed by atoms with Gasteiger partial charge in [0.05, 0.1) is 0 Å². The predicted molar refractivity (Wildman–Crippen MR) is 94.7 cm³/mol. The SMILES string of the molecule is CC(=O)[O-].c1cc[c]([Ge+]([c]2ccccc2)[c]2ccccc2)cc1. The van der Waals surface area contributed by atoms with Crippen LogP contribution in [-0.2, 0) is 4.79 Å². The summed E-state index contributed by atoms with van der Waals surface area (Å²) >= 11 is -1.63. The summed E-state index contributed by atoms with van der Waals surface area (Å²) in [5, 5.41) is 8.89. The van der Waals surface area contributed by atoms with Crippen molar-refractivity contribution in [2.45, 2.75) is 6.92 Å². The molecular formula is C20H18GeO2. The molecule has 0 radical (unpaired) electrons. The fourth-order valence-electron chi connectivity index (χ4n) is 2.31. The van der Waals surface area contributed by atoms with Gasteiger partial charge in [-0.3, -0.25) is 0 Å². The molecule has 0 atom stereocenters. The van der Waals surface area contributed by atoms with Crippen LogP contribution >= 0.6 is 0 Å². The van der Waals surface area contributed by atoms with Gasteiger partial charge in [-0.1, -0.05) is 0 Å². The Balaban J connectivity index is 0.000000433. The van der Waals surface area contributed by atoms with Gasteiger partial charge in [0.15, 0.2) is 0 Å². The van der Waals surface area contributed by atoms with Crippen LogP contribution in [0.25, 0.3) is 0 Å². The first kappa shape index (κ1) is 17.0. The Bertz CT molecular complexity index is 614. The second-order valence-corrected chi connectivity index (χ2v) is 10.2. The fourth-order valence-corrected chi connectivity index (χ4v) is 7.72. The second kappa shape index (κ2) is 8.96. The van der Waals surface area contributed by atoms with E-state index in [2.05, 4.69) is 91.0 Å². The molecule has 3 aromatic rings. The number of hydrogen-bond acceptors (Lipinski definition) is 2. The van der Waals surface area contributed by atoms with Gasteiger partial charge in [-0.25, -0.2) is 0 Å². The number of hydrogen-bond donors (Lipinski definition) is 0. The molecule has 0 saturated carbocycles. The van der Waals surface area contributed by atoms with Gasteiger partial charge in [0.2, 0.25) is 0 Å². The number of carbonyl (C=O) groups excluding carboxylic acids is 1. The van der Waals surface area contributed by atoms with E-state index >= 15 is 0 Å². The molecule has 0 unspecified atom stereocenters. The Labute approximate surface area is 141 Å². The van der Waals surface area contributed by atoms with Crippen molar-refractivity contribution in [3.8, 4) is 0 Å². The molecule has 3 heteroatoms. The van der Waals surface area contributed by atoms with Crippen molar-refractivity contribution >= 4 is 33.5 Å². The number of benzene rings is 3. The van der Waals surface area contributed by atoms with Gasteiger partial charge in [0.1, 0.15) is 0 Å². The average molecular weight is 363 g/mol. The van der Waals surface area contributed by atoms with Crippen LogP contribution in [0.1, 0.15) is 6.92 Å². The monoisotopic (exact) mass is 364 g/mol. The van der Waals surface area contributed by atoms with Crippen molar-refractivity contribution in [3.63, 3.8) is 0 Å². The third-order valence-electron chi connectivity index (χ3n) is 3.19. The van der Waals surface area contributed by atoms with Crippen LogP contribution in [0.5, 0.6) is 0 Å². The average Bonchev–Trinajstić information content (AvgIpc) is 2.58. The molecule has 0 aliphatic heterocycles. The molecule has 0 saturated heterocycles. The molecule has 114 valence electrons. The van der Waals surface area contributed by atoms with Crippen molar-refractivity contribution in [1.29, 1.82) is 0 Å². The molecule has 23 heavy (non-hydrogen) atoms. The Morgan fingerprint density at radius 3 is 1.09 bits per heavy atom. The molecule has 0 fully saturated rings. The topological polar surface area (TPSA) is 40.1 Å².